The summed E-state index contributed by atoms with van der Waals surface area (Å²) < 4.78 is 7.18. The van der Waals surface area contributed by atoms with Gasteiger partial charge in [0.15, 0.2) is 5.82 Å². The van der Waals surface area contributed by atoms with Crippen molar-refractivity contribution in [3.8, 4) is 6.01 Å². The summed E-state index contributed by atoms with van der Waals surface area (Å²) in [5.74, 6) is 1.20. The summed E-state index contributed by atoms with van der Waals surface area (Å²) in [6.45, 7) is 4.19. The highest BCUT2D eigenvalue weighted by atomic mass is 16.5. The van der Waals surface area contributed by atoms with Crippen molar-refractivity contribution < 1.29 is 4.74 Å². The molecule has 9 nitrogen and oxygen atoms in total. The highest BCUT2D eigenvalue weighted by Gasteiger charge is 2.08. The van der Waals surface area contributed by atoms with Crippen molar-refractivity contribution in [1.29, 1.82) is 0 Å². The molecule has 0 unspecified atom stereocenters. The van der Waals surface area contributed by atoms with Crippen LogP contribution in [0.1, 0.15) is 19.7 Å². The number of aryl methyl sites for hydroxylation is 1. The first-order valence-corrected chi connectivity index (χ1v) is 5.79. The summed E-state index contributed by atoms with van der Waals surface area (Å²) in [4.78, 5) is 12.0. The average molecular weight is 264 g/mol. The number of anilines is 2. The van der Waals surface area contributed by atoms with Gasteiger partial charge in [0.05, 0.1) is 12.6 Å². The van der Waals surface area contributed by atoms with E-state index in [1.165, 1.54) is 0 Å². The van der Waals surface area contributed by atoms with Crippen LogP contribution in [0.15, 0.2) is 6.33 Å². The lowest BCUT2D eigenvalue weighted by Gasteiger charge is -2.09. The van der Waals surface area contributed by atoms with E-state index in [-0.39, 0.29) is 18.1 Å². The Labute approximate surface area is 110 Å². The Bertz CT molecular complexity index is 552. The van der Waals surface area contributed by atoms with E-state index in [1.54, 1.807) is 10.9 Å². The van der Waals surface area contributed by atoms with Crippen molar-refractivity contribution >= 4 is 11.9 Å². The van der Waals surface area contributed by atoms with Crippen LogP contribution < -0.4 is 15.8 Å². The zero-order valence-corrected chi connectivity index (χ0v) is 11.0. The standard InChI is InChI=1S/C10H16N8O/c1-6(2)19-10-15-8(11)14-9(16-10)12-4-7-17-13-5-18(7)3/h5-6H,4H2,1-3H3,(H3,11,12,14,15,16). The Morgan fingerprint density at radius 3 is 2.79 bits per heavy atom. The summed E-state index contributed by atoms with van der Waals surface area (Å²) in [6, 6.07) is 0.197. The summed E-state index contributed by atoms with van der Waals surface area (Å²) >= 11 is 0. The van der Waals surface area contributed by atoms with Crippen LogP contribution in [0, 0.1) is 0 Å². The van der Waals surface area contributed by atoms with Gasteiger partial charge in [-0.25, -0.2) is 0 Å². The first-order valence-electron chi connectivity index (χ1n) is 5.79. The predicted octanol–water partition coefficient (Wildman–Crippen LogP) is -0.0184. The van der Waals surface area contributed by atoms with Gasteiger partial charge in [0.25, 0.3) is 0 Å². The molecule has 2 heterocycles. The number of hydrogen-bond donors (Lipinski definition) is 2. The molecule has 19 heavy (non-hydrogen) atoms. The van der Waals surface area contributed by atoms with Gasteiger partial charge < -0.3 is 20.4 Å². The number of nitrogens with one attached hydrogen (secondary N) is 1. The molecule has 2 aromatic heterocycles. The fraction of sp³-hybridized carbons (Fsp3) is 0.500. The third-order valence-electron chi connectivity index (χ3n) is 2.18. The number of rotatable bonds is 5. The topological polar surface area (TPSA) is 117 Å². The SMILES string of the molecule is CC(C)Oc1nc(N)nc(NCc2nncn2C)n1. The Morgan fingerprint density at radius 2 is 2.16 bits per heavy atom. The molecule has 102 valence electrons. The number of nitrogens with two attached hydrogens (primary N) is 1. The van der Waals surface area contributed by atoms with Gasteiger partial charge >= 0.3 is 6.01 Å². The van der Waals surface area contributed by atoms with Crippen molar-refractivity contribution in [2.24, 2.45) is 7.05 Å². The highest BCUT2D eigenvalue weighted by Crippen LogP contribution is 2.11. The lowest BCUT2D eigenvalue weighted by atomic mass is 10.5. The van der Waals surface area contributed by atoms with Gasteiger partial charge in [-0.15, -0.1) is 10.2 Å². The molecule has 0 radical (unpaired) electrons. The van der Waals surface area contributed by atoms with Gasteiger partial charge in [-0.05, 0) is 13.8 Å². The second kappa shape index (κ2) is 5.46. The maximum atomic E-state index is 5.60. The summed E-state index contributed by atoms with van der Waals surface area (Å²) in [5, 5.41) is 10.7. The van der Waals surface area contributed by atoms with Crippen LogP contribution in [0.25, 0.3) is 0 Å². The number of hydrogen-bond acceptors (Lipinski definition) is 8. The van der Waals surface area contributed by atoms with Crippen molar-refractivity contribution in [2.45, 2.75) is 26.5 Å². The first kappa shape index (κ1) is 13.0. The summed E-state index contributed by atoms with van der Waals surface area (Å²) in [7, 11) is 1.85. The monoisotopic (exact) mass is 264 g/mol. The van der Waals surface area contributed by atoms with Crippen molar-refractivity contribution in [1.82, 2.24) is 29.7 Å². The molecule has 0 spiro atoms. The lowest BCUT2D eigenvalue weighted by Crippen LogP contribution is -2.13. The third kappa shape index (κ3) is 3.50. The molecule has 0 saturated heterocycles. The molecule has 3 N–H and O–H groups in total. The van der Waals surface area contributed by atoms with Gasteiger partial charge in [-0.2, -0.15) is 15.0 Å². The molecule has 0 atom stereocenters. The van der Waals surface area contributed by atoms with Crippen LogP contribution in [0.3, 0.4) is 0 Å². The molecule has 2 rings (SSSR count). The van der Waals surface area contributed by atoms with E-state index in [9.17, 15) is 0 Å². The predicted molar refractivity (Wildman–Crippen MR) is 68.3 cm³/mol. The fourth-order valence-corrected chi connectivity index (χ4v) is 1.34. The molecule has 0 saturated carbocycles. The molecule has 0 aliphatic heterocycles. The minimum atomic E-state index is -0.0339. The van der Waals surface area contributed by atoms with E-state index in [0.29, 0.717) is 12.5 Å². The molecule has 9 heteroatoms. The van der Waals surface area contributed by atoms with Crippen LogP contribution in [0.2, 0.25) is 0 Å². The molecule has 0 bridgehead atoms. The minimum Gasteiger partial charge on any atom is -0.461 e. The fourth-order valence-electron chi connectivity index (χ4n) is 1.34. The molecule has 2 aromatic rings. The van der Waals surface area contributed by atoms with E-state index >= 15 is 0 Å². The first-order chi connectivity index (χ1) is 9.04. The number of aromatic nitrogens is 6. The second-order valence-electron chi connectivity index (χ2n) is 4.18. The zero-order valence-electron chi connectivity index (χ0n) is 11.0. The van der Waals surface area contributed by atoms with Crippen molar-refractivity contribution in [2.75, 3.05) is 11.1 Å². The average Bonchev–Trinajstić information content (AvgIpc) is 2.70. The van der Waals surface area contributed by atoms with E-state index < -0.39 is 0 Å². The minimum absolute atomic E-state index is 0.0339. The molecule has 0 amide bonds. The zero-order chi connectivity index (χ0) is 13.8. The van der Waals surface area contributed by atoms with Crippen LogP contribution in [0.5, 0.6) is 6.01 Å². The quantitative estimate of drug-likeness (QED) is 0.773. The number of nitrogens with zero attached hydrogens (tertiary/aromatic N) is 6. The van der Waals surface area contributed by atoms with Gasteiger partial charge in [-0.3, -0.25) is 0 Å². The molecule has 0 aromatic carbocycles. The van der Waals surface area contributed by atoms with Gasteiger partial charge in [0.2, 0.25) is 11.9 Å². The molecule has 0 aliphatic rings. The van der Waals surface area contributed by atoms with Crippen molar-refractivity contribution in [3.05, 3.63) is 12.2 Å². The maximum absolute atomic E-state index is 5.60. The Hall–Kier alpha value is -2.45. The van der Waals surface area contributed by atoms with Gasteiger partial charge in [0, 0.05) is 7.05 Å². The van der Waals surface area contributed by atoms with E-state index in [0.717, 1.165) is 5.82 Å². The molecular formula is C10H16N8O. The van der Waals surface area contributed by atoms with E-state index in [4.69, 9.17) is 10.5 Å². The van der Waals surface area contributed by atoms with Crippen LogP contribution in [0.4, 0.5) is 11.9 Å². The van der Waals surface area contributed by atoms with Crippen LogP contribution >= 0.6 is 0 Å². The van der Waals surface area contributed by atoms with Crippen LogP contribution in [-0.2, 0) is 13.6 Å². The Morgan fingerprint density at radius 1 is 1.37 bits per heavy atom. The number of ether oxygens (including phenoxy) is 1. The van der Waals surface area contributed by atoms with Crippen molar-refractivity contribution in [3.63, 3.8) is 0 Å². The lowest BCUT2D eigenvalue weighted by molar-refractivity contribution is 0.222. The third-order valence-corrected chi connectivity index (χ3v) is 2.18. The van der Waals surface area contributed by atoms with Crippen LogP contribution in [-0.4, -0.2) is 35.8 Å². The second-order valence-corrected chi connectivity index (χ2v) is 4.18. The maximum Gasteiger partial charge on any atom is 0.323 e. The summed E-state index contributed by atoms with van der Waals surface area (Å²) in [5.41, 5.74) is 5.60. The van der Waals surface area contributed by atoms with Gasteiger partial charge in [0.1, 0.15) is 6.33 Å². The molecular weight excluding hydrogens is 248 g/mol. The number of nitrogen functional groups attached to an aromatic ring is 1. The Kier molecular flexibility index (Phi) is 3.74. The highest BCUT2D eigenvalue weighted by molar-refractivity contribution is 5.32. The largest absolute Gasteiger partial charge is 0.461 e. The molecule has 0 fully saturated rings. The molecule has 0 aliphatic carbocycles. The normalized spacial score (nSPS) is 10.7. The van der Waals surface area contributed by atoms with Gasteiger partial charge in [-0.1, -0.05) is 0 Å². The van der Waals surface area contributed by atoms with E-state index in [1.807, 2.05) is 20.9 Å². The smallest absolute Gasteiger partial charge is 0.323 e. The summed E-state index contributed by atoms with van der Waals surface area (Å²) in [6.07, 6.45) is 1.58. The Balaban J connectivity index is 2.07. The van der Waals surface area contributed by atoms with E-state index in [2.05, 4.69) is 30.5 Å².